The Morgan fingerprint density at radius 3 is 2.64 bits per heavy atom. The summed E-state index contributed by atoms with van der Waals surface area (Å²) in [7, 11) is 0. The van der Waals surface area contributed by atoms with Crippen molar-refractivity contribution in [3.8, 4) is 10.7 Å². The van der Waals surface area contributed by atoms with Gasteiger partial charge in [0.25, 0.3) is 0 Å². The number of nitrogens with one attached hydrogen (secondary N) is 1. The summed E-state index contributed by atoms with van der Waals surface area (Å²) in [4.78, 5) is 21.4. The fourth-order valence-corrected chi connectivity index (χ4v) is 4.20. The maximum absolute atomic E-state index is 10.9. The van der Waals surface area contributed by atoms with Gasteiger partial charge in [-0.1, -0.05) is 25.1 Å². The number of hydrogen-bond acceptors (Lipinski definition) is 5. The van der Waals surface area contributed by atoms with Crippen molar-refractivity contribution in [2.75, 3.05) is 5.32 Å². The lowest BCUT2D eigenvalue weighted by Crippen LogP contribution is -2.07. The van der Waals surface area contributed by atoms with Gasteiger partial charge in [0, 0.05) is 26.8 Å². The van der Waals surface area contributed by atoms with Gasteiger partial charge in [-0.2, -0.15) is 0 Å². The first kappa shape index (κ1) is 20.2. The molecule has 144 valence electrons. The maximum atomic E-state index is 10.9. The number of carboxylic acids is 1. The smallest absolute Gasteiger partial charge is 0.307 e. The third kappa shape index (κ3) is 4.85. The van der Waals surface area contributed by atoms with E-state index >= 15 is 0 Å². The van der Waals surface area contributed by atoms with Gasteiger partial charge in [0.1, 0.15) is 5.82 Å². The predicted octanol–water partition coefficient (Wildman–Crippen LogP) is 5.63. The Balaban J connectivity index is 1.99. The Hall–Kier alpha value is -2.51. The molecule has 0 fully saturated rings. The van der Waals surface area contributed by atoms with Crippen LogP contribution in [0.2, 0.25) is 0 Å². The fourth-order valence-electron chi connectivity index (χ4n) is 2.84. The molecule has 0 saturated carbocycles. The minimum atomic E-state index is -0.843. The number of benzene rings is 1. The molecule has 0 spiro atoms. The van der Waals surface area contributed by atoms with Gasteiger partial charge in [0.15, 0.2) is 5.82 Å². The standard InChI is InChI=1S/C21H20BrN3O2S/c1-3-5-16-17(4-2)24-21(18-11-14(22)12-28-18)25-20(16)23-15-8-6-13(7-9-15)10-19(26)27/h3,6-9,11-12H,1,4-5,10H2,2H3,(H,26,27)(H,23,24,25). The molecule has 0 unspecified atom stereocenters. The molecule has 2 N–H and O–H groups in total. The Bertz CT molecular complexity index is 999. The van der Waals surface area contributed by atoms with Gasteiger partial charge in [-0.05, 0) is 52.5 Å². The summed E-state index contributed by atoms with van der Waals surface area (Å²) in [5.41, 5.74) is 3.61. The van der Waals surface area contributed by atoms with E-state index in [1.807, 2.05) is 41.8 Å². The number of halogens is 1. The first-order chi connectivity index (χ1) is 13.5. The van der Waals surface area contributed by atoms with Crippen LogP contribution in [-0.4, -0.2) is 21.0 Å². The molecule has 3 rings (SSSR count). The molecule has 0 saturated heterocycles. The number of carboxylic acid groups (broad SMARTS) is 1. The van der Waals surface area contributed by atoms with E-state index in [1.165, 1.54) is 0 Å². The molecule has 0 radical (unpaired) electrons. The Morgan fingerprint density at radius 1 is 1.32 bits per heavy atom. The molecule has 0 aliphatic carbocycles. The van der Waals surface area contributed by atoms with E-state index in [0.717, 1.165) is 44.1 Å². The van der Waals surface area contributed by atoms with E-state index in [9.17, 15) is 4.79 Å². The lowest BCUT2D eigenvalue weighted by molar-refractivity contribution is -0.136. The average Bonchev–Trinajstić information content (AvgIpc) is 3.10. The van der Waals surface area contributed by atoms with Crippen LogP contribution >= 0.6 is 27.3 Å². The molecule has 5 nitrogen and oxygen atoms in total. The van der Waals surface area contributed by atoms with Crippen molar-refractivity contribution < 1.29 is 9.90 Å². The Kier molecular flexibility index (Phi) is 6.59. The van der Waals surface area contributed by atoms with Gasteiger partial charge in [0.2, 0.25) is 0 Å². The van der Waals surface area contributed by atoms with E-state index in [0.29, 0.717) is 12.2 Å². The quantitative estimate of drug-likeness (QED) is 0.428. The highest BCUT2D eigenvalue weighted by atomic mass is 79.9. The number of thiophene rings is 1. The molecule has 2 heterocycles. The monoisotopic (exact) mass is 457 g/mol. The van der Waals surface area contributed by atoms with Crippen molar-refractivity contribution in [1.82, 2.24) is 9.97 Å². The van der Waals surface area contributed by atoms with E-state index in [4.69, 9.17) is 15.1 Å². The number of nitrogens with zero attached hydrogens (tertiary/aromatic N) is 2. The minimum Gasteiger partial charge on any atom is -0.481 e. The second-order valence-corrected chi connectivity index (χ2v) is 8.02. The number of carbonyl (C=O) groups is 1. The van der Waals surface area contributed by atoms with Crippen molar-refractivity contribution in [3.05, 3.63) is 69.7 Å². The van der Waals surface area contributed by atoms with Crippen molar-refractivity contribution in [2.45, 2.75) is 26.2 Å². The van der Waals surface area contributed by atoms with E-state index in [1.54, 1.807) is 11.3 Å². The Morgan fingerprint density at radius 2 is 2.07 bits per heavy atom. The maximum Gasteiger partial charge on any atom is 0.307 e. The van der Waals surface area contributed by atoms with Crippen LogP contribution in [0.3, 0.4) is 0 Å². The van der Waals surface area contributed by atoms with Crippen LogP contribution in [0.25, 0.3) is 10.7 Å². The van der Waals surface area contributed by atoms with Crippen LogP contribution < -0.4 is 5.32 Å². The van der Waals surface area contributed by atoms with Crippen LogP contribution in [0.15, 0.2) is 52.8 Å². The molecule has 3 aromatic rings. The van der Waals surface area contributed by atoms with Gasteiger partial charge in [-0.25, -0.2) is 9.97 Å². The highest BCUT2D eigenvalue weighted by Gasteiger charge is 2.15. The summed E-state index contributed by atoms with van der Waals surface area (Å²) in [5.74, 6) is 0.590. The zero-order valence-corrected chi connectivity index (χ0v) is 17.8. The number of aliphatic carboxylic acids is 1. The van der Waals surface area contributed by atoms with E-state index < -0.39 is 5.97 Å². The number of hydrogen-bond donors (Lipinski definition) is 2. The summed E-state index contributed by atoms with van der Waals surface area (Å²) < 4.78 is 1.01. The van der Waals surface area contributed by atoms with Crippen LogP contribution in [0.4, 0.5) is 11.5 Å². The number of anilines is 2. The summed E-state index contributed by atoms with van der Waals surface area (Å²) in [6, 6.07) is 9.36. The first-order valence-electron chi connectivity index (χ1n) is 8.83. The first-order valence-corrected chi connectivity index (χ1v) is 10.5. The van der Waals surface area contributed by atoms with E-state index in [2.05, 4.69) is 34.7 Å². The highest BCUT2D eigenvalue weighted by molar-refractivity contribution is 9.10. The summed E-state index contributed by atoms with van der Waals surface area (Å²) >= 11 is 5.07. The largest absolute Gasteiger partial charge is 0.481 e. The Labute approximate surface area is 176 Å². The number of aromatic nitrogens is 2. The third-order valence-corrected chi connectivity index (χ3v) is 5.82. The average molecular weight is 458 g/mol. The van der Waals surface area contributed by atoms with Gasteiger partial charge in [-0.15, -0.1) is 17.9 Å². The molecule has 0 bridgehead atoms. The summed E-state index contributed by atoms with van der Waals surface area (Å²) in [5, 5.41) is 14.3. The van der Waals surface area contributed by atoms with Crippen LogP contribution in [-0.2, 0) is 24.1 Å². The normalized spacial score (nSPS) is 10.6. The molecule has 0 aliphatic rings. The second-order valence-electron chi connectivity index (χ2n) is 6.19. The van der Waals surface area contributed by atoms with Crippen molar-refractivity contribution in [2.24, 2.45) is 0 Å². The van der Waals surface area contributed by atoms with Crippen LogP contribution in [0, 0.1) is 0 Å². The lowest BCUT2D eigenvalue weighted by atomic mass is 10.1. The molecule has 2 aromatic heterocycles. The predicted molar refractivity (Wildman–Crippen MR) is 117 cm³/mol. The highest BCUT2D eigenvalue weighted by Crippen LogP contribution is 2.31. The van der Waals surface area contributed by atoms with Crippen molar-refractivity contribution in [3.63, 3.8) is 0 Å². The zero-order valence-electron chi connectivity index (χ0n) is 15.4. The summed E-state index contributed by atoms with van der Waals surface area (Å²) in [6.07, 6.45) is 3.31. The fraction of sp³-hybridized carbons (Fsp3) is 0.190. The molecule has 7 heteroatoms. The zero-order chi connectivity index (χ0) is 20.1. The molecular weight excluding hydrogens is 438 g/mol. The molecule has 0 atom stereocenters. The van der Waals surface area contributed by atoms with Gasteiger partial charge < -0.3 is 10.4 Å². The molecule has 28 heavy (non-hydrogen) atoms. The molecule has 0 amide bonds. The molecule has 1 aromatic carbocycles. The molecular formula is C21H20BrN3O2S. The second kappa shape index (κ2) is 9.12. The lowest BCUT2D eigenvalue weighted by Gasteiger charge is -2.15. The number of allylic oxidation sites excluding steroid dienone is 1. The van der Waals surface area contributed by atoms with Crippen LogP contribution in [0.5, 0.6) is 0 Å². The van der Waals surface area contributed by atoms with E-state index in [-0.39, 0.29) is 6.42 Å². The SMILES string of the molecule is C=CCc1c(CC)nc(-c2cc(Br)cs2)nc1Nc1ccc(CC(=O)O)cc1. The van der Waals surface area contributed by atoms with Gasteiger partial charge in [-0.3, -0.25) is 4.79 Å². The van der Waals surface area contributed by atoms with Gasteiger partial charge >= 0.3 is 5.97 Å². The van der Waals surface area contributed by atoms with Crippen molar-refractivity contribution >= 4 is 44.7 Å². The summed E-state index contributed by atoms with van der Waals surface area (Å²) in [6.45, 7) is 5.94. The number of aryl methyl sites for hydroxylation is 1. The molecule has 0 aliphatic heterocycles. The van der Waals surface area contributed by atoms with Crippen LogP contribution in [0.1, 0.15) is 23.7 Å². The van der Waals surface area contributed by atoms with Crippen molar-refractivity contribution in [1.29, 1.82) is 0 Å². The minimum absolute atomic E-state index is 0.00683. The topological polar surface area (TPSA) is 75.1 Å². The number of rotatable bonds is 8. The van der Waals surface area contributed by atoms with Gasteiger partial charge in [0.05, 0.1) is 11.3 Å². The third-order valence-electron chi connectivity index (χ3n) is 4.14.